The van der Waals surface area contributed by atoms with E-state index >= 15 is 0 Å². The predicted molar refractivity (Wildman–Crippen MR) is 83.3 cm³/mol. The fourth-order valence-electron chi connectivity index (χ4n) is 4.00. The summed E-state index contributed by atoms with van der Waals surface area (Å²) in [4.78, 5) is 17.2. The van der Waals surface area contributed by atoms with Gasteiger partial charge in [-0.15, -0.1) is 0 Å². The van der Waals surface area contributed by atoms with E-state index in [1.54, 1.807) is 0 Å². The second kappa shape index (κ2) is 6.45. The van der Waals surface area contributed by atoms with Crippen LogP contribution < -0.4 is 0 Å². The van der Waals surface area contributed by atoms with Crippen molar-refractivity contribution in [2.75, 3.05) is 44.4 Å². The Bertz CT molecular complexity index is 502. The number of likely N-dealkylation sites (tertiary alicyclic amines) is 1. The van der Waals surface area contributed by atoms with Gasteiger partial charge in [-0.2, -0.15) is 0 Å². The molecule has 0 aromatic rings. The third kappa shape index (κ3) is 3.31. The van der Waals surface area contributed by atoms with Gasteiger partial charge in [0.15, 0.2) is 0 Å². The average molecular weight is 330 g/mol. The molecule has 0 spiro atoms. The molecule has 0 aliphatic carbocycles. The van der Waals surface area contributed by atoms with Crippen LogP contribution >= 0.6 is 0 Å². The molecule has 2 atom stereocenters. The Morgan fingerprint density at radius 1 is 1.05 bits per heavy atom. The summed E-state index contributed by atoms with van der Waals surface area (Å²) in [5.41, 5.74) is 0. The Hall–Kier alpha value is -0.660. The second-order valence-corrected chi connectivity index (χ2v) is 9.01. The molecule has 3 saturated heterocycles. The Morgan fingerprint density at radius 2 is 1.68 bits per heavy atom. The van der Waals surface area contributed by atoms with E-state index < -0.39 is 9.84 Å². The second-order valence-electron chi connectivity index (χ2n) is 6.70. The lowest BCUT2D eigenvalue weighted by Gasteiger charge is -2.36. The number of sulfone groups is 1. The summed E-state index contributed by atoms with van der Waals surface area (Å²) in [6.45, 7) is 6.36. The molecule has 0 N–H and O–H groups in total. The van der Waals surface area contributed by atoms with Crippen LogP contribution in [0.2, 0.25) is 0 Å². The Kier molecular flexibility index (Phi) is 4.75. The van der Waals surface area contributed by atoms with E-state index in [-0.39, 0.29) is 29.4 Å². The van der Waals surface area contributed by atoms with E-state index in [1.807, 2.05) is 4.90 Å². The number of carbonyl (C=O) groups is 1. The number of nitrogens with zero attached hydrogens (tertiary/aromatic N) is 2. The molecule has 6 nitrogen and oxygen atoms in total. The first-order valence-corrected chi connectivity index (χ1v) is 10.1. The van der Waals surface area contributed by atoms with Crippen molar-refractivity contribution >= 4 is 15.7 Å². The van der Waals surface area contributed by atoms with Crippen LogP contribution in [-0.4, -0.2) is 80.6 Å². The molecule has 0 unspecified atom stereocenters. The van der Waals surface area contributed by atoms with Crippen molar-refractivity contribution in [3.63, 3.8) is 0 Å². The maximum Gasteiger partial charge on any atom is 0.226 e. The number of amides is 1. The van der Waals surface area contributed by atoms with Gasteiger partial charge in [0.25, 0.3) is 0 Å². The van der Waals surface area contributed by atoms with Crippen LogP contribution in [0.25, 0.3) is 0 Å². The number of hydrogen-bond acceptors (Lipinski definition) is 5. The molecule has 3 aliphatic rings. The molecule has 0 saturated carbocycles. The fourth-order valence-corrected chi connectivity index (χ4v) is 5.49. The molecule has 1 amide bonds. The zero-order valence-corrected chi connectivity index (χ0v) is 14.1. The third-order valence-electron chi connectivity index (χ3n) is 5.42. The zero-order valence-electron chi connectivity index (χ0n) is 13.2. The van der Waals surface area contributed by atoms with Crippen LogP contribution in [-0.2, 0) is 19.4 Å². The van der Waals surface area contributed by atoms with Crippen molar-refractivity contribution in [3.8, 4) is 0 Å². The van der Waals surface area contributed by atoms with Crippen molar-refractivity contribution in [1.82, 2.24) is 9.80 Å². The maximum absolute atomic E-state index is 12.7. The molecule has 3 rings (SSSR count). The van der Waals surface area contributed by atoms with Gasteiger partial charge >= 0.3 is 0 Å². The van der Waals surface area contributed by atoms with Gasteiger partial charge in [-0.05, 0) is 26.2 Å². The molecule has 0 aromatic carbocycles. The Labute approximate surface area is 132 Å². The smallest absolute Gasteiger partial charge is 0.226 e. The fraction of sp³-hybridized carbons (Fsp3) is 0.933. The van der Waals surface area contributed by atoms with Crippen LogP contribution in [0.5, 0.6) is 0 Å². The normalized spacial score (nSPS) is 34.0. The van der Waals surface area contributed by atoms with E-state index in [0.29, 0.717) is 18.9 Å². The average Bonchev–Trinajstić information content (AvgIpc) is 2.89. The van der Waals surface area contributed by atoms with Crippen molar-refractivity contribution in [1.29, 1.82) is 0 Å². The largest absolute Gasteiger partial charge is 0.379 e. The summed E-state index contributed by atoms with van der Waals surface area (Å²) >= 11 is 0. The van der Waals surface area contributed by atoms with Gasteiger partial charge in [0.2, 0.25) is 5.91 Å². The first kappa shape index (κ1) is 16.2. The summed E-state index contributed by atoms with van der Waals surface area (Å²) in [6.07, 6.45) is 2.00. The van der Waals surface area contributed by atoms with Crippen molar-refractivity contribution < 1.29 is 17.9 Å². The number of rotatable bonds is 2. The van der Waals surface area contributed by atoms with Gasteiger partial charge in [0, 0.05) is 37.6 Å². The van der Waals surface area contributed by atoms with Gasteiger partial charge in [0.1, 0.15) is 9.84 Å². The number of ether oxygens (including phenoxy) is 1. The Morgan fingerprint density at radius 3 is 2.32 bits per heavy atom. The van der Waals surface area contributed by atoms with Crippen molar-refractivity contribution in [2.24, 2.45) is 5.92 Å². The van der Waals surface area contributed by atoms with Crippen LogP contribution in [0.3, 0.4) is 0 Å². The first-order chi connectivity index (χ1) is 10.5. The third-order valence-corrected chi connectivity index (χ3v) is 7.13. The SMILES string of the molecule is C[C@@H]1[C@H](N2CCOCC2)CCN1C(=O)C1CCS(=O)(=O)CC1. The van der Waals surface area contributed by atoms with E-state index in [2.05, 4.69) is 11.8 Å². The maximum atomic E-state index is 12.7. The quantitative estimate of drug-likeness (QED) is 0.720. The van der Waals surface area contributed by atoms with Crippen LogP contribution in [0.4, 0.5) is 0 Å². The highest BCUT2D eigenvalue weighted by Crippen LogP contribution is 2.28. The molecule has 3 aliphatic heterocycles. The van der Waals surface area contributed by atoms with Gasteiger partial charge in [-0.25, -0.2) is 8.42 Å². The standard InChI is InChI=1S/C15H26N2O4S/c1-12-14(16-6-8-21-9-7-16)2-5-17(12)15(18)13-3-10-22(19,20)11-4-13/h12-14H,2-11H2,1H3/t12-,14-/m1/s1. The van der Waals surface area contributed by atoms with Crippen LogP contribution in [0.1, 0.15) is 26.2 Å². The highest BCUT2D eigenvalue weighted by molar-refractivity contribution is 7.91. The topological polar surface area (TPSA) is 66.9 Å². The molecular weight excluding hydrogens is 304 g/mol. The highest BCUT2D eigenvalue weighted by Gasteiger charge is 2.40. The van der Waals surface area contributed by atoms with E-state index in [4.69, 9.17) is 4.74 Å². The summed E-state index contributed by atoms with van der Waals surface area (Å²) in [5, 5.41) is 0. The molecule has 0 radical (unpaired) electrons. The van der Waals surface area contributed by atoms with E-state index in [9.17, 15) is 13.2 Å². The van der Waals surface area contributed by atoms with Gasteiger partial charge < -0.3 is 9.64 Å². The summed E-state index contributed by atoms with van der Waals surface area (Å²) in [5.74, 6) is 0.393. The number of hydrogen-bond donors (Lipinski definition) is 0. The van der Waals surface area contributed by atoms with Crippen molar-refractivity contribution in [3.05, 3.63) is 0 Å². The lowest BCUT2D eigenvalue weighted by atomic mass is 10.0. The summed E-state index contributed by atoms with van der Waals surface area (Å²) in [6, 6.07) is 0.629. The first-order valence-electron chi connectivity index (χ1n) is 8.30. The minimum atomic E-state index is -2.91. The zero-order chi connectivity index (χ0) is 15.7. The van der Waals surface area contributed by atoms with Crippen LogP contribution in [0.15, 0.2) is 0 Å². The lowest BCUT2D eigenvalue weighted by molar-refractivity contribution is -0.136. The van der Waals surface area contributed by atoms with Gasteiger partial charge in [0.05, 0.1) is 24.7 Å². The summed E-state index contributed by atoms with van der Waals surface area (Å²) in [7, 11) is -2.91. The number of carbonyl (C=O) groups excluding carboxylic acids is 1. The van der Waals surface area contributed by atoms with Crippen LogP contribution in [0, 0.1) is 5.92 Å². The molecule has 7 heteroatoms. The molecule has 3 fully saturated rings. The molecule has 3 heterocycles. The van der Waals surface area contributed by atoms with E-state index in [1.165, 1.54) is 0 Å². The number of morpholine rings is 1. The van der Waals surface area contributed by atoms with E-state index in [0.717, 1.165) is 39.3 Å². The molecule has 22 heavy (non-hydrogen) atoms. The monoisotopic (exact) mass is 330 g/mol. The van der Waals surface area contributed by atoms with Gasteiger partial charge in [-0.1, -0.05) is 0 Å². The molecular formula is C15H26N2O4S. The van der Waals surface area contributed by atoms with Gasteiger partial charge in [-0.3, -0.25) is 9.69 Å². The minimum absolute atomic E-state index is 0.102. The predicted octanol–water partition coefficient (Wildman–Crippen LogP) is 0.133. The summed E-state index contributed by atoms with van der Waals surface area (Å²) < 4.78 is 28.4. The highest BCUT2D eigenvalue weighted by atomic mass is 32.2. The minimum Gasteiger partial charge on any atom is -0.379 e. The van der Waals surface area contributed by atoms with Crippen molar-refractivity contribution in [2.45, 2.75) is 38.3 Å². The Balaban J connectivity index is 1.59. The molecule has 126 valence electrons. The lowest BCUT2D eigenvalue weighted by Crippen LogP contribution is -2.50. The molecule has 0 aromatic heterocycles. The molecule has 0 bridgehead atoms.